The fraction of sp³-hybridized carbons (Fsp3) is 0.333. The van der Waals surface area contributed by atoms with Gasteiger partial charge in [-0.05, 0) is 18.6 Å². The number of halogens is 1. The quantitative estimate of drug-likeness (QED) is 0.847. The molecule has 2 aromatic rings. The minimum Gasteiger partial charge on any atom is -0.334 e. The van der Waals surface area contributed by atoms with Gasteiger partial charge in [0.1, 0.15) is 0 Å². The highest BCUT2D eigenvalue weighted by molar-refractivity contribution is 7.84. The molecule has 0 aliphatic rings. The SMILES string of the molecule is CS(=O)CCCc1noc(-c2ccccc2Cl)n1. The largest absolute Gasteiger partial charge is 0.334 e. The highest BCUT2D eigenvalue weighted by Crippen LogP contribution is 2.25. The number of nitrogens with zero attached hydrogens (tertiary/aromatic N) is 2. The second kappa shape index (κ2) is 6.11. The molecule has 96 valence electrons. The summed E-state index contributed by atoms with van der Waals surface area (Å²) in [6.07, 6.45) is 3.13. The Bertz CT molecular complexity index is 557. The van der Waals surface area contributed by atoms with Gasteiger partial charge in [-0.2, -0.15) is 4.98 Å². The number of benzene rings is 1. The zero-order chi connectivity index (χ0) is 13.0. The molecule has 2 rings (SSSR count). The molecule has 0 saturated heterocycles. The third-order valence-electron chi connectivity index (χ3n) is 2.40. The van der Waals surface area contributed by atoms with E-state index in [0.717, 1.165) is 12.0 Å². The van der Waals surface area contributed by atoms with E-state index < -0.39 is 10.8 Å². The molecular weight excluding hydrogens is 272 g/mol. The Labute approximate surface area is 113 Å². The average molecular weight is 285 g/mol. The summed E-state index contributed by atoms with van der Waals surface area (Å²) in [5.41, 5.74) is 0.733. The van der Waals surface area contributed by atoms with Crippen molar-refractivity contribution in [2.24, 2.45) is 0 Å². The maximum Gasteiger partial charge on any atom is 0.259 e. The van der Waals surface area contributed by atoms with Gasteiger partial charge < -0.3 is 4.52 Å². The molecule has 1 heterocycles. The van der Waals surface area contributed by atoms with Gasteiger partial charge in [0.15, 0.2) is 5.82 Å². The Morgan fingerprint density at radius 3 is 2.89 bits per heavy atom. The lowest BCUT2D eigenvalue weighted by Crippen LogP contribution is -1.97. The van der Waals surface area contributed by atoms with Crippen LogP contribution in [0.2, 0.25) is 5.02 Å². The van der Waals surface area contributed by atoms with Crippen LogP contribution in [0.25, 0.3) is 11.5 Å². The molecule has 1 unspecified atom stereocenters. The first-order chi connectivity index (χ1) is 8.66. The molecule has 0 aliphatic carbocycles. The molecule has 1 aromatic carbocycles. The van der Waals surface area contributed by atoms with Crippen molar-refractivity contribution in [3.05, 3.63) is 35.1 Å². The second-order valence-electron chi connectivity index (χ2n) is 3.88. The van der Waals surface area contributed by atoms with Crippen molar-refractivity contribution in [2.75, 3.05) is 12.0 Å². The molecule has 0 bridgehead atoms. The number of hydrogen-bond donors (Lipinski definition) is 0. The lowest BCUT2D eigenvalue weighted by molar-refractivity contribution is 0.422. The summed E-state index contributed by atoms with van der Waals surface area (Å²) >= 11 is 6.05. The Kier molecular flexibility index (Phi) is 4.49. The normalized spacial score (nSPS) is 12.6. The van der Waals surface area contributed by atoms with E-state index in [-0.39, 0.29) is 0 Å². The van der Waals surface area contributed by atoms with Crippen LogP contribution >= 0.6 is 11.6 Å². The van der Waals surface area contributed by atoms with Crippen molar-refractivity contribution < 1.29 is 8.73 Å². The van der Waals surface area contributed by atoms with Gasteiger partial charge in [0.2, 0.25) is 0 Å². The summed E-state index contributed by atoms with van der Waals surface area (Å²) in [7, 11) is -0.779. The summed E-state index contributed by atoms with van der Waals surface area (Å²) in [4.78, 5) is 4.28. The molecule has 0 N–H and O–H groups in total. The second-order valence-corrected chi connectivity index (χ2v) is 5.84. The number of hydrogen-bond acceptors (Lipinski definition) is 4. The predicted molar refractivity (Wildman–Crippen MR) is 72.0 cm³/mol. The number of aromatic nitrogens is 2. The maximum atomic E-state index is 10.9. The van der Waals surface area contributed by atoms with Crippen LogP contribution in [0, 0.1) is 0 Å². The summed E-state index contributed by atoms with van der Waals surface area (Å²) in [5, 5.41) is 4.47. The van der Waals surface area contributed by atoms with E-state index in [2.05, 4.69) is 10.1 Å². The highest BCUT2D eigenvalue weighted by atomic mass is 35.5. The van der Waals surface area contributed by atoms with Gasteiger partial charge in [0.25, 0.3) is 5.89 Å². The molecule has 1 atom stereocenters. The van der Waals surface area contributed by atoms with E-state index in [1.165, 1.54) is 0 Å². The molecule has 0 radical (unpaired) electrons. The van der Waals surface area contributed by atoms with Crippen LogP contribution < -0.4 is 0 Å². The van der Waals surface area contributed by atoms with Crippen molar-refractivity contribution >= 4 is 22.4 Å². The van der Waals surface area contributed by atoms with E-state index >= 15 is 0 Å². The maximum absolute atomic E-state index is 10.9. The van der Waals surface area contributed by atoms with Crippen molar-refractivity contribution in [3.8, 4) is 11.5 Å². The molecule has 1 aromatic heterocycles. The zero-order valence-corrected chi connectivity index (χ0v) is 11.5. The van der Waals surface area contributed by atoms with Crippen LogP contribution in [-0.4, -0.2) is 26.4 Å². The van der Waals surface area contributed by atoms with Crippen LogP contribution in [-0.2, 0) is 17.2 Å². The molecule has 0 saturated carbocycles. The minimum absolute atomic E-state index is 0.424. The van der Waals surface area contributed by atoms with Crippen LogP contribution in [0.1, 0.15) is 12.2 Å². The van der Waals surface area contributed by atoms with Crippen LogP contribution in [0.15, 0.2) is 28.8 Å². The number of aryl methyl sites for hydroxylation is 1. The van der Waals surface area contributed by atoms with Crippen molar-refractivity contribution in [2.45, 2.75) is 12.8 Å². The molecule has 0 amide bonds. The van der Waals surface area contributed by atoms with Gasteiger partial charge in [-0.15, -0.1) is 0 Å². The van der Waals surface area contributed by atoms with E-state index in [1.807, 2.05) is 18.2 Å². The zero-order valence-electron chi connectivity index (χ0n) is 9.93. The first-order valence-electron chi connectivity index (χ1n) is 5.54. The lowest BCUT2D eigenvalue weighted by atomic mass is 10.2. The van der Waals surface area contributed by atoms with Gasteiger partial charge in [0, 0.05) is 29.2 Å². The molecule has 0 aliphatic heterocycles. The summed E-state index contributed by atoms with van der Waals surface area (Å²) in [6.45, 7) is 0. The Hall–Kier alpha value is -1.20. The molecular formula is C12H13ClN2O2S. The minimum atomic E-state index is -0.779. The molecule has 0 fully saturated rings. The van der Waals surface area contributed by atoms with Gasteiger partial charge in [-0.3, -0.25) is 4.21 Å². The van der Waals surface area contributed by atoms with Crippen LogP contribution in [0.3, 0.4) is 0 Å². The highest BCUT2D eigenvalue weighted by Gasteiger charge is 2.11. The summed E-state index contributed by atoms with van der Waals surface area (Å²) < 4.78 is 16.1. The Morgan fingerprint density at radius 1 is 1.39 bits per heavy atom. The van der Waals surface area contributed by atoms with E-state index in [0.29, 0.717) is 28.9 Å². The molecule has 4 nitrogen and oxygen atoms in total. The average Bonchev–Trinajstić information content (AvgIpc) is 2.78. The smallest absolute Gasteiger partial charge is 0.259 e. The molecule has 0 spiro atoms. The van der Waals surface area contributed by atoms with Crippen molar-refractivity contribution in [3.63, 3.8) is 0 Å². The fourth-order valence-electron chi connectivity index (χ4n) is 1.53. The van der Waals surface area contributed by atoms with E-state index in [4.69, 9.17) is 16.1 Å². The van der Waals surface area contributed by atoms with Crippen LogP contribution in [0.5, 0.6) is 0 Å². The molecule has 18 heavy (non-hydrogen) atoms. The standard InChI is InChI=1S/C12H13ClN2O2S/c1-18(16)8-4-7-11-14-12(17-15-11)9-5-2-3-6-10(9)13/h2-3,5-6H,4,7-8H2,1H3. The van der Waals surface area contributed by atoms with Gasteiger partial charge in [-0.25, -0.2) is 0 Å². The third-order valence-corrected chi connectivity index (χ3v) is 3.60. The third kappa shape index (κ3) is 3.40. The monoisotopic (exact) mass is 284 g/mol. The summed E-state index contributed by atoms with van der Waals surface area (Å²) in [5.74, 6) is 1.69. The van der Waals surface area contributed by atoms with E-state index in [9.17, 15) is 4.21 Å². The topological polar surface area (TPSA) is 56.0 Å². The summed E-state index contributed by atoms with van der Waals surface area (Å²) in [6, 6.07) is 7.33. The van der Waals surface area contributed by atoms with Gasteiger partial charge >= 0.3 is 0 Å². The Morgan fingerprint density at radius 2 is 2.17 bits per heavy atom. The first-order valence-corrected chi connectivity index (χ1v) is 7.65. The van der Waals surface area contributed by atoms with E-state index in [1.54, 1.807) is 12.3 Å². The van der Waals surface area contributed by atoms with Gasteiger partial charge in [0.05, 0.1) is 10.6 Å². The molecule has 6 heteroatoms. The van der Waals surface area contributed by atoms with Crippen molar-refractivity contribution in [1.82, 2.24) is 10.1 Å². The predicted octanol–water partition coefficient (Wildman–Crippen LogP) is 2.70. The lowest BCUT2D eigenvalue weighted by Gasteiger charge is -1.96. The van der Waals surface area contributed by atoms with Crippen molar-refractivity contribution in [1.29, 1.82) is 0 Å². The van der Waals surface area contributed by atoms with Gasteiger partial charge in [-0.1, -0.05) is 28.9 Å². The Balaban J connectivity index is 2.06. The number of rotatable bonds is 5. The fourth-order valence-corrected chi connectivity index (χ4v) is 2.30. The first kappa shape index (κ1) is 13.2. The van der Waals surface area contributed by atoms with Crippen LogP contribution in [0.4, 0.5) is 0 Å².